The molecule has 0 saturated heterocycles. The van der Waals surface area contributed by atoms with Crippen molar-refractivity contribution in [3.05, 3.63) is 95.1 Å². The van der Waals surface area contributed by atoms with Crippen LogP contribution >= 0.6 is 0 Å². The molecule has 1 amide bonds. The molecule has 3 aromatic rings. The lowest BCUT2D eigenvalue weighted by atomic mass is 9.78. The van der Waals surface area contributed by atoms with Gasteiger partial charge in [-0.15, -0.1) is 0 Å². The van der Waals surface area contributed by atoms with Crippen LogP contribution in [0, 0.1) is 13.8 Å². The molecule has 3 heteroatoms. The van der Waals surface area contributed by atoms with E-state index in [2.05, 4.69) is 55.6 Å². The molecule has 0 saturated carbocycles. The Labute approximate surface area is 167 Å². The lowest BCUT2D eigenvalue weighted by molar-refractivity contribution is -0.118. The lowest BCUT2D eigenvalue weighted by Crippen LogP contribution is -2.21. The van der Waals surface area contributed by atoms with Crippen molar-refractivity contribution in [3.63, 3.8) is 0 Å². The fourth-order valence-electron chi connectivity index (χ4n) is 3.28. The summed E-state index contributed by atoms with van der Waals surface area (Å²) >= 11 is 0. The zero-order valence-corrected chi connectivity index (χ0v) is 17.0. The molecule has 1 N–H and O–H groups in total. The monoisotopic (exact) mass is 373 g/mol. The predicted molar refractivity (Wildman–Crippen MR) is 115 cm³/mol. The summed E-state index contributed by atoms with van der Waals surface area (Å²) in [6, 6.07) is 24.3. The first-order valence-electron chi connectivity index (χ1n) is 9.52. The third kappa shape index (κ3) is 4.61. The molecular weight excluding hydrogens is 346 g/mol. The standard InChI is InChI=1S/C25H27NO2/c1-18-10-15-23(19(2)16-18)26-24(27)17-28-22-13-11-21(12-14-22)25(3,4)20-8-6-5-7-9-20/h5-16H,17H2,1-4H3,(H,26,27). The first-order chi connectivity index (χ1) is 13.4. The average Bonchev–Trinajstić information content (AvgIpc) is 2.69. The zero-order valence-electron chi connectivity index (χ0n) is 17.0. The van der Waals surface area contributed by atoms with E-state index in [1.165, 1.54) is 16.7 Å². The summed E-state index contributed by atoms with van der Waals surface area (Å²) < 4.78 is 5.66. The van der Waals surface area contributed by atoms with Gasteiger partial charge in [0.05, 0.1) is 0 Å². The van der Waals surface area contributed by atoms with Crippen molar-refractivity contribution in [2.75, 3.05) is 11.9 Å². The molecule has 0 aliphatic heterocycles. The number of rotatable bonds is 6. The van der Waals surface area contributed by atoms with Gasteiger partial charge in [-0.05, 0) is 48.7 Å². The molecule has 3 nitrogen and oxygen atoms in total. The van der Waals surface area contributed by atoms with Gasteiger partial charge in [0.2, 0.25) is 0 Å². The van der Waals surface area contributed by atoms with Crippen molar-refractivity contribution in [2.45, 2.75) is 33.1 Å². The minimum atomic E-state index is -0.166. The molecule has 3 rings (SSSR count). The highest BCUT2D eigenvalue weighted by Gasteiger charge is 2.22. The van der Waals surface area contributed by atoms with E-state index in [0.717, 1.165) is 11.3 Å². The Morgan fingerprint density at radius 1 is 0.893 bits per heavy atom. The molecule has 0 radical (unpaired) electrons. The summed E-state index contributed by atoms with van der Waals surface area (Å²) in [4.78, 5) is 12.2. The van der Waals surface area contributed by atoms with Crippen molar-refractivity contribution in [1.82, 2.24) is 0 Å². The van der Waals surface area contributed by atoms with Crippen LogP contribution in [-0.2, 0) is 10.2 Å². The minimum Gasteiger partial charge on any atom is -0.484 e. The molecule has 0 atom stereocenters. The number of hydrogen-bond acceptors (Lipinski definition) is 2. The largest absolute Gasteiger partial charge is 0.484 e. The van der Waals surface area contributed by atoms with Crippen LogP contribution in [0.2, 0.25) is 0 Å². The lowest BCUT2D eigenvalue weighted by Gasteiger charge is -2.26. The van der Waals surface area contributed by atoms with E-state index in [4.69, 9.17) is 4.74 Å². The van der Waals surface area contributed by atoms with Gasteiger partial charge in [0.1, 0.15) is 5.75 Å². The molecular formula is C25H27NO2. The minimum absolute atomic E-state index is 0.0191. The number of ether oxygens (including phenoxy) is 1. The van der Waals surface area contributed by atoms with E-state index in [-0.39, 0.29) is 17.9 Å². The fraction of sp³-hybridized carbons (Fsp3) is 0.240. The number of aryl methyl sites for hydroxylation is 2. The summed E-state index contributed by atoms with van der Waals surface area (Å²) in [7, 11) is 0. The molecule has 0 unspecified atom stereocenters. The van der Waals surface area contributed by atoms with Gasteiger partial charge in [0.15, 0.2) is 6.61 Å². The van der Waals surface area contributed by atoms with E-state index in [1.807, 2.05) is 50.2 Å². The Kier molecular flexibility index (Phi) is 5.84. The van der Waals surface area contributed by atoms with Crippen LogP contribution in [0.4, 0.5) is 5.69 Å². The SMILES string of the molecule is Cc1ccc(NC(=O)COc2ccc(C(C)(C)c3ccccc3)cc2)c(C)c1. The maximum absolute atomic E-state index is 12.2. The zero-order chi connectivity index (χ0) is 20.1. The van der Waals surface area contributed by atoms with Gasteiger partial charge in [-0.3, -0.25) is 4.79 Å². The van der Waals surface area contributed by atoms with Gasteiger partial charge in [0, 0.05) is 11.1 Å². The molecule has 0 bridgehead atoms. The maximum Gasteiger partial charge on any atom is 0.262 e. The second kappa shape index (κ2) is 8.30. The highest BCUT2D eigenvalue weighted by atomic mass is 16.5. The van der Waals surface area contributed by atoms with E-state index in [9.17, 15) is 4.79 Å². The number of carbonyl (C=O) groups excluding carboxylic acids is 1. The second-order valence-corrected chi connectivity index (χ2v) is 7.67. The summed E-state index contributed by atoms with van der Waals surface area (Å²) in [6.45, 7) is 8.40. The van der Waals surface area contributed by atoms with Crippen LogP contribution in [0.25, 0.3) is 0 Å². The van der Waals surface area contributed by atoms with Crippen LogP contribution in [0.3, 0.4) is 0 Å². The van der Waals surface area contributed by atoms with Crippen LogP contribution in [-0.4, -0.2) is 12.5 Å². The molecule has 0 aliphatic rings. The van der Waals surface area contributed by atoms with Crippen molar-refractivity contribution in [2.24, 2.45) is 0 Å². The quantitative estimate of drug-likeness (QED) is 0.606. The number of benzene rings is 3. The average molecular weight is 373 g/mol. The Bertz CT molecular complexity index is 944. The van der Waals surface area contributed by atoms with Crippen molar-refractivity contribution in [3.8, 4) is 5.75 Å². The summed E-state index contributed by atoms with van der Waals surface area (Å²) in [5.74, 6) is 0.518. The molecule has 0 aromatic heterocycles. The number of amides is 1. The van der Waals surface area contributed by atoms with Gasteiger partial charge in [-0.25, -0.2) is 0 Å². The molecule has 144 valence electrons. The Morgan fingerprint density at radius 3 is 2.18 bits per heavy atom. The number of anilines is 1. The summed E-state index contributed by atoms with van der Waals surface area (Å²) in [6.07, 6.45) is 0. The maximum atomic E-state index is 12.2. The molecule has 0 spiro atoms. The van der Waals surface area contributed by atoms with E-state index in [0.29, 0.717) is 5.75 Å². The normalized spacial score (nSPS) is 11.1. The van der Waals surface area contributed by atoms with Crippen molar-refractivity contribution in [1.29, 1.82) is 0 Å². The van der Waals surface area contributed by atoms with Gasteiger partial charge in [0.25, 0.3) is 5.91 Å². The van der Waals surface area contributed by atoms with E-state index in [1.54, 1.807) is 0 Å². The molecule has 0 aliphatic carbocycles. The number of carbonyl (C=O) groups is 1. The highest BCUT2D eigenvalue weighted by molar-refractivity contribution is 5.92. The predicted octanol–water partition coefficient (Wildman–Crippen LogP) is 5.65. The smallest absolute Gasteiger partial charge is 0.262 e. The summed E-state index contributed by atoms with van der Waals surface area (Å²) in [5, 5.41) is 2.90. The van der Waals surface area contributed by atoms with Gasteiger partial charge in [-0.2, -0.15) is 0 Å². The Morgan fingerprint density at radius 2 is 1.54 bits per heavy atom. The van der Waals surface area contributed by atoms with E-state index < -0.39 is 0 Å². The van der Waals surface area contributed by atoms with Crippen LogP contribution in [0.1, 0.15) is 36.1 Å². The topological polar surface area (TPSA) is 38.3 Å². The third-order valence-corrected chi connectivity index (χ3v) is 5.10. The number of hydrogen-bond donors (Lipinski definition) is 1. The first kappa shape index (κ1) is 19.7. The van der Waals surface area contributed by atoms with Crippen LogP contribution in [0.15, 0.2) is 72.8 Å². The fourth-order valence-corrected chi connectivity index (χ4v) is 3.28. The molecule has 28 heavy (non-hydrogen) atoms. The third-order valence-electron chi connectivity index (χ3n) is 5.10. The Balaban J connectivity index is 1.61. The van der Waals surface area contributed by atoms with Gasteiger partial charge < -0.3 is 10.1 Å². The second-order valence-electron chi connectivity index (χ2n) is 7.67. The van der Waals surface area contributed by atoms with Crippen molar-refractivity contribution >= 4 is 11.6 Å². The van der Waals surface area contributed by atoms with Crippen molar-refractivity contribution < 1.29 is 9.53 Å². The van der Waals surface area contributed by atoms with Crippen LogP contribution < -0.4 is 10.1 Å². The molecule has 3 aromatic carbocycles. The number of nitrogens with one attached hydrogen (secondary N) is 1. The highest BCUT2D eigenvalue weighted by Crippen LogP contribution is 2.32. The molecule has 0 heterocycles. The van der Waals surface area contributed by atoms with Gasteiger partial charge >= 0.3 is 0 Å². The van der Waals surface area contributed by atoms with Gasteiger partial charge in [-0.1, -0.05) is 74.0 Å². The molecule has 0 fully saturated rings. The Hall–Kier alpha value is -3.07. The van der Waals surface area contributed by atoms with Crippen LogP contribution in [0.5, 0.6) is 5.75 Å². The summed E-state index contributed by atoms with van der Waals surface area (Å²) in [5.41, 5.74) is 5.40. The first-order valence-corrected chi connectivity index (χ1v) is 9.52. The van der Waals surface area contributed by atoms with E-state index >= 15 is 0 Å².